The number of benzene rings is 2. The molecule has 32 heavy (non-hydrogen) atoms. The van der Waals surface area contributed by atoms with E-state index in [-0.39, 0.29) is 31.1 Å². The molecule has 0 fully saturated rings. The monoisotopic (exact) mass is 436 g/mol. The number of aromatic nitrogens is 1. The van der Waals surface area contributed by atoms with Crippen molar-refractivity contribution in [3.8, 4) is 23.0 Å². The average Bonchev–Trinajstić information content (AvgIpc) is 3.11. The summed E-state index contributed by atoms with van der Waals surface area (Å²) in [6, 6.07) is 17.1. The number of ether oxygens (including phenoxy) is 1. The molecule has 1 N–H and O–H groups in total. The molecule has 4 rings (SSSR count). The van der Waals surface area contributed by atoms with Gasteiger partial charge in [-0.25, -0.2) is 4.79 Å². The number of hydrogen-bond acceptors (Lipinski definition) is 3. The first-order valence-corrected chi connectivity index (χ1v) is 10.0. The number of rotatable bonds is 4. The molecular weight excluding hydrogens is 417 g/mol. The highest BCUT2D eigenvalue weighted by atomic mass is 19.4. The number of halogens is 3. The summed E-state index contributed by atoms with van der Waals surface area (Å²) >= 11 is 0. The van der Waals surface area contributed by atoms with Crippen LogP contribution >= 0.6 is 0 Å². The number of pyridine rings is 1. The minimum Gasteiger partial charge on any atom is -0.449 e. The van der Waals surface area contributed by atoms with Crippen LogP contribution in [0.4, 0.5) is 18.0 Å². The van der Waals surface area contributed by atoms with Gasteiger partial charge in [0, 0.05) is 36.8 Å². The molecule has 0 spiro atoms. The van der Waals surface area contributed by atoms with Crippen molar-refractivity contribution in [1.29, 1.82) is 0 Å². The Kier molecular flexibility index (Phi) is 6.13. The Hall–Kier alpha value is -3.79. The molecule has 1 aliphatic rings. The number of fused-ring (bicyclic) bond motifs is 3. The predicted octanol–water partition coefficient (Wildman–Crippen LogP) is 5.38. The lowest BCUT2D eigenvalue weighted by molar-refractivity contribution is -0.137. The number of nitrogens with one attached hydrogen (secondary N) is 1. The van der Waals surface area contributed by atoms with Crippen molar-refractivity contribution in [3.05, 3.63) is 89.2 Å². The Bertz CT molecular complexity index is 1150. The summed E-state index contributed by atoms with van der Waals surface area (Å²) in [5.41, 5.74) is 3.87. The van der Waals surface area contributed by atoms with Crippen LogP contribution in [0.15, 0.2) is 67.0 Å². The molecule has 1 amide bonds. The van der Waals surface area contributed by atoms with Gasteiger partial charge in [-0.2, -0.15) is 13.2 Å². The molecule has 0 bridgehead atoms. The molecule has 162 valence electrons. The van der Waals surface area contributed by atoms with Gasteiger partial charge in [-0.3, -0.25) is 4.98 Å². The maximum Gasteiger partial charge on any atom is 0.417 e. The number of carbonyl (C=O) groups excluding carboxylic acids is 1. The maximum atomic E-state index is 12.7. The van der Waals surface area contributed by atoms with Gasteiger partial charge >= 0.3 is 12.3 Å². The summed E-state index contributed by atoms with van der Waals surface area (Å²) < 4.78 is 43.5. The topological polar surface area (TPSA) is 51.2 Å². The van der Waals surface area contributed by atoms with Crippen LogP contribution in [0.1, 0.15) is 34.6 Å². The van der Waals surface area contributed by atoms with Crippen LogP contribution < -0.4 is 5.32 Å². The molecule has 0 saturated carbocycles. The summed E-state index contributed by atoms with van der Waals surface area (Å²) in [6.07, 6.45) is -2.74. The summed E-state index contributed by atoms with van der Waals surface area (Å²) in [6.45, 7) is 0.428. The number of nitrogens with zero attached hydrogens (tertiary/aromatic N) is 1. The molecule has 0 saturated heterocycles. The molecule has 1 aromatic heterocycles. The first-order valence-electron chi connectivity index (χ1n) is 10.0. The van der Waals surface area contributed by atoms with Crippen molar-refractivity contribution in [3.63, 3.8) is 0 Å². The standard InChI is InChI=1S/C25H19F3N2O2/c26-25(27,28)18-13-17(14-29-15-18)7-5-6-12-30-24(31)32-16-23-21-10-3-1-8-19(21)20-9-2-4-11-22(20)23/h1-4,8-11,13-15,23H,6,12,16H2,(H,30,31). The van der Waals surface area contributed by atoms with Crippen molar-refractivity contribution >= 4 is 6.09 Å². The minimum absolute atomic E-state index is 0.0265. The van der Waals surface area contributed by atoms with E-state index >= 15 is 0 Å². The molecule has 0 aliphatic heterocycles. The van der Waals surface area contributed by atoms with Gasteiger partial charge in [0.25, 0.3) is 0 Å². The van der Waals surface area contributed by atoms with Crippen molar-refractivity contribution in [2.24, 2.45) is 0 Å². The highest BCUT2D eigenvalue weighted by Crippen LogP contribution is 2.44. The summed E-state index contributed by atoms with van der Waals surface area (Å²) in [7, 11) is 0. The highest BCUT2D eigenvalue weighted by Gasteiger charge is 2.31. The van der Waals surface area contributed by atoms with Crippen LogP contribution in [0, 0.1) is 11.8 Å². The zero-order valence-corrected chi connectivity index (χ0v) is 16.9. The van der Waals surface area contributed by atoms with E-state index in [1.54, 1.807) is 0 Å². The van der Waals surface area contributed by atoms with E-state index in [1.165, 1.54) is 6.20 Å². The van der Waals surface area contributed by atoms with E-state index in [2.05, 4.69) is 34.3 Å². The molecule has 0 unspecified atom stereocenters. The minimum atomic E-state index is -4.46. The SMILES string of the molecule is O=C(NCCC#Cc1cncc(C(F)(F)F)c1)OCC1c2ccccc2-c2ccccc21. The van der Waals surface area contributed by atoms with Crippen LogP contribution in [0.2, 0.25) is 0 Å². The maximum absolute atomic E-state index is 12.7. The fourth-order valence-corrected chi connectivity index (χ4v) is 3.70. The fraction of sp³-hybridized carbons (Fsp3) is 0.200. The van der Waals surface area contributed by atoms with Gasteiger partial charge in [0.2, 0.25) is 0 Å². The number of alkyl carbamates (subject to hydrolysis) is 1. The molecular formula is C25H19F3N2O2. The van der Waals surface area contributed by atoms with Gasteiger partial charge < -0.3 is 10.1 Å². The second kappa shape index (κ2) is 9.15. The van der Waals surface area contributed by atoms with Crippen molar-refractivity contribution < 1.29 is 22.7 Å². The first kappa shape index (κ1) is 21.4. The fourth-order valence-electron chi connectivity index (χ4n) is 3.70. The van der Waals surface area contributed by atoms with Gasteiger partial charge in [0.15, 0.2) is 0 Å². The van der Waals surface area contributed by atoms with Crippen LogP contribution in [0.5, 0.6) is 0 Å². The van der Waals surface area contributed by atoms with Gasteiger partial charge in [-0.1, -0.05) is 60.4 Å². The quantitative estimate of drug-likeness (QED) is 0.441. The first-order chi connectivity index (χ1) is 15.4. The van der Waals surface area contributed by atoms with Crippen LogP contribution in [-0.4, -0.2) is 24.2 Å². The molecule has 1 heterocycles. The number of amides is 1. The Balaban J connectivity index is 1.28. The van der Waals surface area contributed by atoms with Gasteiger partial charge in [0.05, 0.1) is 5.56 Å². The Morgan fingerprint density at radius 3 is 2.34 bits per heavy atom. The lowest BCUT2D eigenvalue weighted by atomic mass is 9.98. The van der Waals surface area contributed by atoms with E-state index in [0.29, 0.717) is 0 Å². The molecule has 0 radical (unpaired) electrons. The predicted molar refractivity (Wildman–Crippen MR) is 114 cm³/mol. The zero-order valence-electron chi connectivity index (χ0n) is 16.9. The molecule has 4 nitrogen and oxygen atoms in total. The summed E-state index contributed by atoms with van der Waals surface area (Å²) in [5, 5.41) is 2.62. The van der Waals surface area contributed by atoms with E-state index in [1.807, 2.05) is 36.4 Å². The number of alkyl halides is 3. The van der Waals surface area contributed by atoms with Crippen LogP contribution in [-0.2, 0) is 10.9 Å². The van der Waals surface area contributed by atoms with E-state index in [9.17, 15) is 18.0 Å². The molecule has 7 heteroatoms. The Morgan fingerprint density at radius 2 is 1.69 bits per heavy atom. The van der Waals surface area contributed by atoms with Crippen LogP contribution in [0.3, 0.4) is 0 Å². The Morgan fingerprint density at radius 1 is 1.03 bits per heavy atom. The lowest BCUT2D eigenvalue weighted by Crippen LogP contribution is -2.26. The summed E-state index contributed by atoms with van der Waals surface area (Å²) in [5.74, 6) is 5.33. The van der Waals surface area contributed by atoms with Gasteiger partial charge in [-0.15, -0.1) is 0 Å². The van der Waals surface area contributed by atoms with E-state index in [0.717, 1.165) is 34.5 Å². The second-order valence-electron chi connectivity index (χ2n) is 7.26. The third-order valence-electron chi connectivity index (χ3n) is 5.16. The third-order valence-corrected chi connectivity index (χ3v) is 5.16. The molecule has 1 aliphatic carbocycles. The Labute approximate surface area is 183 Å². The highest BCUT2D eigenvalue weighted by molar-refractivity contribution is 5.79. The normalized spacial score (nSPS) is 12.3. The lowest BCUT2D eigenvalue weighted by Gasteiger charge is -2.14. The molecule has 2 aromatic carbocycles. The number of carbonyl (C=O) groups is 1. The number of hydrogen-bond donors (Lipinski definition) is 1. The van der Waals surface area contributed by atoms with Gasteiger partial charge in [0.1, 0.15) is 6.61 Å². The second-order valence-corrected chi connectivity index (χ2v) is 7.26. The van der Waals surface area contributed by atoms with Crippen molar-refractivity contribution in [2.45, 2.75) is 18.5 Å². The van der Waals surface area contributed by atoms with Gasteiger partial charge in [-0.05, 0) is 28.3 Å². The average molecular weight is 436 g/mol. The largest absolute Gasteiger partial charge is 0.449 e. The smallest absolute Gasteiger partial charge is 0.417 e. The molecule has 3 aromatic rings. The van der Waals surface area contributed by atoms with Crippen LogP contribution in [0.25, 0.3) is 11.1 Å². The molecule has 0 atom stereocenters. The zero-order chi connectivity index (χ0) is 22.6. The van der Waals surface area contributed by atoms with E-state index in [4.69, 9.17) is 4.74 Å². The van der Waals surface area contributed by atoms with Crippen molar-refractivity contribution in [2.75, 3.05) is 13.2 Å². The summed E-state index contributed by atoms with van der Waals surface area (Å²) in [4.78, 5) is 15.7. The van der Waals surface area contributed by atoms with E-state index < -0.39 is 17.8 Å². The third kappa shape index (κ3) is 4.75. The van der Waals surface area contributed by atoms with Crippen molar-refractivity contribution in [1.82, 2.24) is 10.3 Å².